The normalized spacial score (nSPS) is 33.9. The molecule has 3 aliphatic rings. The van der Waals surface area contributed by atoms with Crippen molar-refractivity contribution in [2.45, 2.75) is 31.5 Å². The Morgan fingerprint density at radius 1 is 1.47 bits per heavy atom. The molecular weight excluding hydrogens is 219 g/mol. The van der Waals surface area contributed by atoms with Crippen molar-refractivity contribution in [3.05, 3.63) is 12.2 Å². The van der Waals surface area contributed by atoms with Crippen LogP contribution in [-0.4, -0.2) is 30.3 Å². The molecule has 3 unspecified atom stereocenters. The van der Waals surface area contributed by atoms with E-state index in [0.29, 0.717) is 6.42 Å². The van der Waals surface area contributed by atoms with Gasteiger partial charge < -0.3 is 19.4 Å². The molecule has 1 fully saturated rings. The predicted octanol–water partition coefficient (Wildman–Crippen LogP) is -3.59. The molecule has 0 aromatic rings. The second-order valence-electron chi connectivity index (χ2n) is 3.97. The molecule has 0 aromatic heterocycles. The average molecular weight is 232 g/mol. The van der Waals surface area contributed by atoms with E-state index >= 15 is 0 Å². The first-order valence-corrected chi connectivity index (χ1v) is 5.36. The number of ether oxygens (including phenoxy) is 2. The number of carbonyl (C=O) groups excluding carboxylic acids is 2. The van der Waals surface area contributed by atoms with Crippen molar-refractivity contribution in [1.29, 1.82) is 0 Å². The summed E-state index contributed by atoms with van der Waals surface area (Å²) in [5.41, 5.74) is -1.94. The summed E-state index contributed by atoms with van der Waals surface area (Å²) in [6.07, 6.45) is 4.51. The fourth-order valence-corrected chi connectivity index (χ4v) is 2.28. The molecule has 2 bridgehead atoms. The van der Waals surface area contributed by atoms with Crippen LogP contribution >= 0.6 is 0 Å². The molecule has 3 atom stereocenters. The topological polar surface area (TPSA) is 75.7 Å². The molecule has 0 radical (unpaired) electrons. The Morgan fingerprint density at radius 2 is 2.18 bits per heavy atom. The Morgan fingerprint density at radius 3 is 2.53 bits per heavy atom. The van der Waals surface area contributed by atoms with Gasteiger partial charge in [0, 0.05) is 5.92 Å². The van der Waals surface area contributed by atoms with Crippen molar-refractivity contribution in [3.8, 4) is 0 Å². The number of fused-ring (bicyclic) bond motifs is 2. The van der Waals surface area contributed by atoms with E-state index in [1.165, 1.54) is 0 Å². The van der Waals surface area contributed by atoms with Crippen molar-refractivity contribution in [2.24, 2.45) is 5.92 Å². The third kappa shape index (κ3) is 2.15. The first-order chi connectivity index (χ1) is 7.61. The van der Waals surface area contributed by atoms with Crippen molar-refractivity contribution < 1.29 is 43.0 Å². The van der Waals surface area contributed by atoms with E-state index in [1.807, 2.05) is 0 Å². The van der Waals surface area contributed by atoms with E-state index in [1.54, 1.807) is 19.1 Å². The van der Waals surface area contributed by atoms with Crippen LogP contribution in [-0.2, 0) is 19.1 Å². The first-order valence-electron chi connectivity index (χ1n) is 5.36. The Kier molecular flexibility index (Phi) is 4.42. The minimum absolute atomic E-state index is 0. The minimum atomic E-state index is -1.94. The van der Waals surface area contributed by atoms with Crippen LogP contribution in [0.4, 0.5) is 0 Å². The molecule has 0 N–H and O–H groups in total. The number of carboxylic acid groups (broad SMARTS) is 1. The molecule has 6 heteroatoms. The van der Waals surface area contributed by atoms with Crippen LogP contribution in [0.2, 0.25) is 0 Å². The molecule has 0 spiro atoms. The van der Waals surface area contributed by atoms with Gasteiger partial charge in [-0.2, -0.15) is 0 Å². The maximum absolute atomic E-state index is 11.7. The van der Waals surface area contributed by atoms with Crippen LogP contribution < -0.4 is 24.0 Å². The maximum atomic E-state index is 11.7. The number of carbonyl (C=O) groups is 2. The molecule has 3 rings (SSSR count). The van der Waals surface area contributed by atoms with Crippen molar-refractivity contribution >= 4 is 11.9 Å². The molecule has 2 heterocycles. The Bertz CT molecular complexity index is 354. The molecule has 17 heavy (non-hydrogen) atoms. The van der Waals surface area contributed by atoms with Gasteiger partial charge in [0.15, 0.2) is 0 Å². The van der Waals surface area contributed by atoms with Crippen LogP contribution in [0, 0.1) is 5.92 Å². The average Bonchev–Trinajstić information content (AvgIpc) is 2.30. The molecule has 88 valence electrons. The summed E-state index contributed by atoms with van der Waals surface area (Å²) in [5.74, 6) is -2.85. The zero-order valence-electron chi connectivity index (χ0n) is 9.97. The third-order valence-corrected chi connectivity index (χ3v) is 3.06. The van der Waals surface area contributed by atoms with Gasteiger partial charge >= 0.3 is 24.8 Å². The first kappa shape index (κ1) is 14.3. The van der Waals surface area contributed by atoms with Crippen molar-refractivity contribution in [2.75, 3.05) is 6.61 Å². The summed E-state index contributed by atoms with van der Waals surface area (Å²) < 4.78 is 10.1. The van der Waals surface area contributed by atoms with Crippen LogP contribution in [0.3, 0.4) is 0 Å². The SMILES string of the molecule is CCOC(=O)C1(C(=O)[O-])OC2C=CC1CC2.[Li+]. The van der Waals surface area contributed by atoms with Gasteiger partial charge in [-0.3, -0.25) is 0 Å². The van der Waals surface area contributed by atoms with Crippen LogP contribution in [0.15, 0.2) is 12.2 Å². The van der Waals surface area contributed by atoms with E-state index in [-0.39, 0.29) is 31.6 Å². The smallest absolute Gasteiger partial charge is 0.546 e. The maximum Gasteiger partial charge on any atom is 1.00 e. The van der Waals surface area contributed by atoms with E-state index in [2.05, 4.69) is 0 Å². The zero-order chi connectivity index (χ0) is 11.8. The predicted molar refractivity (Wildman–Crippen MR) is 51.1 cm³/mol. The van der Waals surface area contributed by atoms with E-state index in [0.717, 1.165) is 6.42 Å². The number of hydrogen-bond donors (Lipinski definition) is 0. The summed E-state index contributed by atoms with van der Waals surface area (Å²) in [6.45, 7) is 1.75. The number of aliphatic carboxylic acids is 1. The molecule has 0 saturated carbocycles. The number of carboxylic acids is 1. The van der Waals surface area contributed by atoms with Crippen molar-refractivity contribution in [1.82, 2.24) is 0 Å². The van der Waals surface area contributed by atoms with Gasteiger partial charge in [-0.15, -0.1) is 0 Å². The van der Waals surface area contributed by atoms with Crippen LogP contribution in [0.1, 0.15) is 19.8 Å². The number of rotatable bonds is 3. The fourth-order valence-electron chi connectivity index (χ4n) is 2.28. The van der Waals surface area contributed by atoms with Gasteiger partial charge in [0.1, 0.15) is 0 Å². The molecule has 2 aliphatic heterocycles. The third-order valence-electron chi connectivity index (χ3n) is 3.06. The second-order valence-corrected chi connectivity index (χ2v) is 3.97. The molecule has 0 amide bonds. The quantitative estimate of drug-likeness (QED) is 0.217. The van der Waals surface area contributed by atoms with Gasteiger partial charge in [-0.05, 0) is 19.8 Å². The molecule has 0 aromatic carbocycles. The molecule has 1 saturated heterocycles. The number of esters is 1. The van der Waals surface area contributed by atoms with E-state index in [4.69, 9.17) is 9.47 Å². The van der Waals surface area contributed by atoms with Crippen molar-refractivity contribution in [3.63, 3.8) is 0 Å². The summed E-state index contributed by atoms with van der Waals surface area (Å²) >= 11 is 0. The zero-order valence-corrected chi connectivity index (χ0v) is 9.97. The van der Waals surface area contributed by atoms with E-state index in [9.17, 15) is 14.7 Å². The molecular formula is C11H13LiO5. The minimum Gasteiger partial charge on any atom is -0.546 e. The van der Waals surface area contributed by atoms with Gasteiger partial charge in [-0.1, -0.05) is 12.2 Å². The summed E-state index contributed by atoms with van der Waals surface area (Å²) in [6, 6.07) is 0. The van der Waals surface area contributed by atoms with Gasteiger partial charge in [0.2, 0.25) is 5.60 Å². The Labute approximate surface area is 111 Å². The summed E-state index contributed by atoms with van der Waals surface area (Å²) in [7, 11) is 0. The van der Waals surface area contributed by atoms with Crippen LogP contribution in [0.25, 0.3) is 0 Å². The largest absolute Gasteiger partial charge is 1.00 e. The second kappa shape index (κ2) is 5.26. The number of hydrogen-bond acceptors (Lipinski definition) is 5. The summed E-state index contributed by atoms with van der Waals surface area (Å²) in [4.78, 5) is 23.0. The van der Waals surface area contributed by atoms with Gasteiger partial charge in [0.25, 0.3) is 0 Å². The Hall–Kier alpha value is -0.763. The summed E-state index contributed by atoms with van der Waals surface area (Å²) in [5, 5.41) is 11.2. The standard InChI is InChI=1S/C11H14O5.Li/c1-2-15-10(14)11(9(12)13)7-3-5-8(16-11)6-4-7;/h3,5,7-8H,2,4,6H2,1H3,(H,12,13);/q;+1/p-1. The van der Waals surface area contributed by atoms with E-state index < -0.39 is 23.5 Å². The molecule has 1 aliphatic carbocycles. The van der Waals surface area contributed by atoms with Crippen LogP contribution in [0.5, 0.6) is 0 Å². The molecule has 5 nitrogen and oxygen atoms in total. The Balaban J connectivity index is 0.00000144. The van der Waals surface area contributed by atoms with Gasteiger partial charge in [-0.25, -0.2) is 4.79 Å². The fraction of sp³-hybridized carbons (Fsp3) is 0.636. The monoisotopic (exact) mass is 232 g/mol. The van der Waals surface area contributed by atoms with Gasteiger partial charge in [0.05, 0.1) is 18.7 Å².